The average molecular weight is 245 g/mol. The molecule has 2 atom stereocenters. The zero-order valence-corrected chi connectivity index (χ0v) is 12.1. The summed E-state index contributed by atoms with van der Waals surface area (Å²) in [5.41, 5.74) is 4.54. The Labute approximate surface area is 112 Å². The van der Waals surface area contributed by atoms with Gasteiger partial charge < -0.3 is 5.32 Å². The predicted molar refractivity (Wildman–Crippen MR) is 79.0 cm³/mol. The van der Waals surface area contributed by atoms with E-state index in [2.05, 4.69) is 44.4 Å². The summed E-state index contributed by atoms with van der Waals surface area (Å²) in [6.07, 6.45) is 8.20. The zero-order valence-electron chi connectivity index (χ0n) is 12.1. The van der Waals surface area contributed by atoms with Crippen LogP contribution >= 0.6 is 0 Å². The fourth-order valence-corrected chi connectivity index (χ4v) is 3.37. The molecule has 0 radical (unpaired) electrons. The smallest absolute Gasteiger partial charge is 0.00668 e. The molecule has 0 aliphatic heterocycles. The van der Waals surface area contributed by atoms with Crippen LogP contribution in [-0.4, -0.2) is 13.1 Å². The van der Waals surface area contributed by atoms with Crippen LogP contribution in [0.4, 0.5) is 0 Å². The summed E-state index contributed by atoms with van der Waals surface area (Å²) in [7, 11) is 2.12. The van der Waals surface area contributed by atoms with Gasteiger partial charge in [0.05, 0.1) is 0 Å². The van der Waals surface area contributed by atoms with Crippen LogP contribution in [0.5, 0.6) is 0 Å². The fraction of sp³-hybridized carbons (Fsp3) is 0.647. The Morgan fingerprint density at radius 3 is 2.44 bits per heavy atom. The zero-order chi connectivity index (χ0) is 13.0. The standard InChI is InChI=1S/C17H27N/c1-13-7-6-8-14(2)17(13)12-15-9-4-5-10-16(11-15)18-3/h6-8,15-16,18H,4-5,9-12H2,1-3H3. The number of nitrogens with one attached hydrogen (secondary N) is 1. The third-order valence-electron chi connectivity index (χ3n) is 4.58. The summed E-state index contributed by atoms with van der Waals surface area (Å²) >= 11 is 0. The van der Waals surface area contributed by atoms with Crippen molar-refractivity contribution in [2.75, 3.05) is 7.05 Å². The van der Waals surface area contributed by atoms with Gasteiger partial charge in [-0.25, -0.2) is 0 Å². The molecule has 1 N–H and O–H groups in total. The van der Waals surface area contributed by atoms with Crippen LogP contribution in [0.2, 0.25) is 0 Å². The van der Waals surface area contributed by atoms with Gasteiger partial charge in [-0.2, -0.15) is 0 Å². The second-order valence-corrected chi connectivity index (χ2v) is 5.95. The largest absolute Gasteiger partial charge is 0.317 e. The lowest BCUT2D eigenvalue weighted by molar-refractivity contribution is 0.399. The predicted octanol–water partition coefficient (Wildman–Crippen LogP) is 4.01. The molecule has 1 fully saturated rings. The molecule has 100 valence electrons. The molecular weight excluding hydrogens is 218 g/mol. The van der Waals surface area contributed by atoms with Crippen molar-refractivity contribution in [3.63, 3.8) is 0 Å². The van der Waals surface area contributed by atoms with Crippen molar-refractivity contribution in [3.05, 3.63) is 34.9 Å². The Balaban J connectivity index is 2.07. The van der Waals surface area contributed by atoms with Crippen molar-refractivity contribution in [2.24, 2.45) is 5.92 Å². The van der Waals surface area contributed by atoms with E-state index in [1.165, 1.54) is 49.7 Å². The molecule has 18 heavy (non-hydrogen) atoms. The molecule has 1 aromatic carbocycles. The second-order valence-electron chi connectivity index (χ2n) is 5.95. The maximum absolute atomic E-state index is 3.49. The topological polar surface area (TPSA) is 12.0 Å². The normalized spacial score (nSPS) is 24.8. The summed E-state index contributed by atoms with van der Waals surface area (Å²) in [5, 5.41) is 3.49. The summed E-state index contributed by atoms with van der Waals surface area (Å²) in [6.45, 7) is 4.52. The van der Waals surface area contributed by atoms with Gasteiger partial charge in [-0.05, 0) is 62.8 Å². The third kappa shape index (κ3) is 3.35. The van der Waals surface area contributed by atoms with Crippen molar-refractivity contribution in [1.29, 1.82) is 0 Å². The first-order valence-electron chi connectivity index (χ1n) is 7.43. The van der Waals surface area contributed by atoms with Crippen LogP contribution in [-0.2, 0) is 6.42 Å². The monoisotopic (exact) mass is 245 g/mol. The van der Waals surface area contributed by atoms with Gasteiger partial charge in [-0.15, -0.1) is 0 Å². The Bertz CT molecular complexity index is 363. The van der Waals surface area contributed by atoms with Crippen LogP contribution in [0.1, 0.15) is 48.8 Å². The average Bonchev–Trinajstić information content (AvgIpc) is 2.59. The summed E-state index contributed by atoms with van der Waals surface area (Å²) in [6, 6.07) is 7.43. The van der Waals surface area contributed by atoms with E-state index in [1.54, 1.807) is 5.56 Å². The molecule has 0 saturated heterocycles. The van der Waals surface area contributed by atoms with E-state index < -0.39 is 0 Å². The highest BCUT2D eigenvalue weighted by Crippen LogP contribution is 2.28. The maximum atomic E-state index is 3.49. The third-order valence-corrected chi connectivity index (χ3v) is 4.58. The van der Waals surface area contributed by atoms with E-state index in [4.69, 9.17) is 0 Å². The molecule has 0 heterocycles. The van der Waals surface area contributed by atoms with Gasteiger partial charge in [0.25, 0.3) is 0 Å². The number of hydrogen-bond acceptors (Lipinski definition) is 1. The number of benzene rings is 1. The van der Waals surface area contributed by atoms with Crippen molar-refractivity contribution in [2.45, 2.75) is 58.4 Å². The fourth-order valence-electron chi connectivity index (χ4n) is 3.37. The van der Waals surface area contributed by atoms with Crippen molar-refractivity contribution in [3.8, 4) is 0 Å². The highest BCUT2D eigenvalue weighted by atomic mass is 14.9. The quantitative estimate of drug-likeness (QED) is 0.793. The molecule has 0 aromatic heterocycles. The van der Waals surface area contributed by atoms with Crippen LogP contribution in [0.25, 0.3) is 0 Å². The minimum Gasteiger partial charge on any atom is -0.317 e. The van der Waals surface area contributed by atoms with E-state index in [0.29, 0.717) is 0 Å². The van der Waals surface area contributed by atoms with Crippen molar-refractivity contribution in [1.82, 2.24) is 5.32 Å². The SMILES string of the molecule is CNC1CCCCC(Cc2c(C)cccc2C)C1. The van der Waals surface area contributed by atoms with Gasteiger partial charge in [0, 0.05) is 6.04 Å². The van der Waals surface area contributed by atoms with Gasteiger partial charge >= 0.3 is 0 Å². The Kier molecular flexibility index (Phi) is 4.82. The van der Waals surface area contributed by atoms with Crippen LogP contribution in [0, 0.1) is 19.8 Å². The molecule has 0 bridgehead atoms. The lowest BCUT2D eigenvalue weighted by Crippen LogP contribution is -2.27. The minimum atomic E-state index is 0.738. The van der Waals surface area contributed by atoms with E-state index in [0.717, 1.165) is 12.0 Å². The molecule has 1 heteroatoms. The molecule has 1 nitrogen and oxygen atoms in total. The van der Waals surface area contributed by atoms with E-state index >= 15 is 0 Å². The van der Waals surface area contributed by atoms with Gasteiger partial charge in [0.15, 0.2) is 0 Å². The first kappa shape index (κ1) is 13.6. The molecule has 1 aromatic rings. The number of rotatable bonds is 3. The summed E-state index contributed by atoms with van der Waals surface area (Å²) in [5.74, 6) is 0.866. The minimum absolute atomic E-state index is 0.738. The lowest BCUT2D eigenvalue weighted by atomic mass is 9.87. The number of hydrogen-bond donors (Lipinski definition) is 1. The van der Waals surface area contributed by atoms with Crippen LogP contribution < -0.4 is 5.32 Å². The lowest BCUT2D eigenvalue weighted by Gasteiger charge is -2.21. The van der Waals surface area contributed by atoms with E-state index in [-0.39, 0.29) is 0 Å². The van der Waals surface area contributed by atoms with E-state index in [9.17, 15) is 0 Å². The molecule has 1 saturated carbocycles. The van der Waals surface area contributed by atoms with Gasteiger partial charge in [0.2, 0.25) is 0 Å². The Hall–Kier alpha value is -0.820. The van der Waals surface area contributed by atoms with Crippen molar-refractivity contribution >= 4 is 0 Å². The molecule has 0 amide bonds. The Morgan fingerprint density at radius 1 is 1.11 bits per heavy atom. The van der Waals surface area contributed by atoms with Crippen molar-refractivity contribution < 1.29 is 0 Å². The molecule has 1 aliphatic rings. The Morgan fingerprint density at radius 2 is 1.78 bits per heavy atom. The van der Waals surface area contributed by atoms with Gasteiger partial charge in [-0.3, -0.25) is 0 Å². The van der Waals surface area contributed by atoms with Gasteiger partial charge in [0.1, 0.15) is 0 Å². The molecule has 0 spiro atoms. The summed E-state index contributed by atoms with van der Waals surface area (Å²) in [4.78, 5) is 0. The first-order chi connectivity index (χ1) is 8.70. The highest BCUT2D eigenvalue weighted by Gasteiger charge is 2.20. The van der Waals surface area contributed by atoms with Crippen LogP contribution in [0.3, 0.4) is 0 Å². The van der Waals surface area contributed by atoms with E-state index in [1.807, 2.05) is 0 Å². The molecule has 1 aliphatic carbocycles. The molecular formula is C17H27N. The molecule has 2 unspecified atom stereocenters. The summed E-state index contributed by atoms with van der Waals surface area (Å²) < 4.78 is 0. The number of aryl methyl sites for hydroxylation is 2. The second kappa shape index (κ2) is 6.38. The van der Waals surface area contributed by atoms with Crippen LogP contribution in [0.15, 0.2) is 18.2 Å². The molecule has 2 rings (SSSR count). The van der Waals surface area contributed by atoms with Gasteiger partial charge in [-0.1, -0.05) is 37.5 Å². The maximum Gasteiger partial charge on any atom is 0.00668 e. The first-order valence-corrected chi connectivity index (χ1v) is 7.43. The highest BCUT2D eigenvalue weighted by molar-refractivity contribution is 5.33.